The third-order valence-corrected chi connectivity index (χ3v) is 2.89. The normalized spacial score (nSPS) is 15.7. The van der Waals surface area contributed by atoms with Gasteiger partial charge < -0.3 is 10.0 Å². The van der Waals surface area contributed by atoms with E-state index < -0.39 is 5.97 Å². The highest BCUT2D eigenvalue weighted by Gasteiger charge is 2.20. The first-order valence-corrected chi connectivity index (χ1v) is 5.28. The molecule has 0 unspecified atom stereocenters. The minimum atomic E-state index is -0.833. The van der Waals surface area contributed by atoms with Crippen LogP contribution >= 0.6 is 0 Å². The van der Waals surface area contributed by atoms with Gasteiger partial charge in [-0.15, -0.1) is 0 Å². The second-order valence-corrected chi connectivity index (χ2v) is 3.97. The Morgan fingerprint density at radius 1 is 1.33 bits per heavy atom. The first-order chi connectivity index (χ1) is 7.20. The van der Waals surface area contributed by atoms with Crippen LogP contribution in [0, 0.1) is 6.92 Å². The number of hydrogen-bond donors (Lipinski definition) is 1. The van der Waals surface area contributed by atoms with Crippen molar-refractivity contribution < 1.29 is 9.90 Å². The standard InChI is InChI=1S/C12H15NO2/c1-9-5-4-6-10(12(14)15)11(9)13-7-2-3-8-13/h4-6H,2-3,7-8H2,1H3,(H,14,15). The average Bonchev–Trinajstić information content (AvgIpc) is 2.70. The number of hydrogen-bond acceptors (Lipinski definition) is 2. The van der Waals surface area contributed by atoms with Crippen LogP contribution in [0.3, 0.4) is 0 Å². The zero-order valence-electron chi connectivity index (χ0n) is 8.86. The van der Waals surface area contributed by atoms with Gasteiger partial charge in [-0.3, -0.25) is 0 Å². The molecule has 0 aliphatic carbocycles. The van der Waals surface area contributed by atoms with Gasteiger partial charge in [0, 0.05) is 13.1 Å². The van der Waals surface area contributed by atoms with E-state index in [0.717, 1.165) is 37.2 Å². The molecule has 1 aliphatic heterocycles. The number of carboxylic acid groups (broad SMARTS) is 1. The summed E-state index contributed by atoms with van der Waals surface area (Å²) >= 11 is 0. The molecule has 0 amide bonds. The lowest BCUT2D eigenvalue weighted by molar-refractivity contribution is 0.0697. The van der Waals surface area contributed by atoms with Crippen molar-refractivity contribution >= 4 is 11.7 Å². The molecule has 1 aromatic rings. The van der Waals surface area contributed by atoms with Gasteiger partial charge in [0.05, 0.1) is 11.3 Å². The summed E-state index contributed by atoms with van der Waals surface area (Å²) in [5, 5.41) is 9.12. The van der Waals surface area contributed by atoms with Crippen molar-refractivity contribution in [1.82, 2.24) is 0 Å². The van der Waals surface area contributed by atoms with Crippen LogP contribution in [0.4, 0.5) is 5.69 Å². The van der Waals surface area contributed by atoms with E-state index in [0.29, 0.717) is 5.56 Å². The van der Waals surface area contributed by atoms with E-state index in [2.05, 4.69) is 4.90 Å². The van der Waals surface area contributed by atoms with E-state index in [1.807, 2.05) is 13.0 Å². The van der Waals surface area contributed by atoms with Gasteiger partial charge in [-0.25, -0.2) is 4.79 Å². The summed E-state index contributed by atoms with van der Waals surface area (Å²) in [6.45, 7) is 3.93. The SMILES string of the molecule is Cc1cccc(C(=O)O)c1N1CCCC1. The van der Waals surface area contributed by atoms with Crippen molar-refractivity contribution in [3.8, 4) is 0 Å². The van der Waals surface area contributed by atoms with E-state index >= 15 is 0 Å². The summed E-state index contributed by atoms with van der Waals surface area (Å²) in [5.74, 6) is -0.833. The second-order valence-electron chi connectivity index (χ2n) is 3.97. The highest BCUT2D eigenvalue weighted by Crippen LogP contribution is 2.28. The number of anilines is 1. The maximum atomic E-state index is 11.1. The third-order valence-electron chi connectivity index (χ3n) is 2.89. The molecule has 3 nitrogen and oxygen atoms in total. The zero-order chi connectivity index (χ0) is 10.8. The zero-order valence-corrected chi connectivity index (χ0v) is 8.86. The van der Waals surface area contributed by atoms with Gasteiger partial charge in [-0.1, -0.05) is 12.1 Å². The van der Waals surface area contributed by atoms with Crippen LogP contribution in [0.5, 0.6) is 0 Å². The molecule has 1 aliphatic rings. The Morgan fingerprint density at radius 3 is 2.60 bits per heavy atom. The van der Waals surface area contributed by atoms with Crippen molar-refractivity contribution in [1.29, 1.82) is 0 Å². The molecule has 1 saturated heterocycles. The van der Waals surface area contributed by atoms with E-state index in [1.54, 1.807) is 12.1 Å². The van der Waals surface area contributed by atoms with Gasteiger partial charge in [0.1, 0.15) is 0 Å². The molecule has 15 heavy (non-hydrogen) atoms. The number of nitrogens with zero attached hydrogens (tertiary/aromatic N) is 1. The van der Waals surface area contributed by atoms with Crippen LogP contribution in [-0.4, -0.2) is 24.2 Å². The van der Waals surface area contributed by atoms with Crippen LogP contribution in [0.25, 0.3) is 0 Å². The Balaban J connectivity index is 2.46. The monoisotopic (exact) mass is 205 g/mol. The smallest absolute Gasteiger partial charge is 0.337 e. The van der Waals surface area contributed by atoms with Crippen LogP contribution in [-0.2, 0) is 0 Å². The Labute approximate surface area is 89.3 Å². The van der Waals surface area contributed by atoms with Gasteiger partial charge in [0.2, 0.25) is 0 Å². The molecule has 0 saturated carbocycles. The summed E-state index contributed by atoms with van der Waals surface area (Å²) in [4.78, 5) is 13.3. The number of carboxylic acids is 1. The summed E-state index contributed by atoms with van der Waals surface area (Å²) < 4.78 is 0. The molecule has 1 aromatic carbocycles. The summed E-state index contributed by atoms with van der Waals surface area (Å²) in [6, 6.07) is 5.46. The largest absolute Gasteiger partial charge is 0.478 e. The third kappa shape index (κ3) is 1.82. The Morgan fingerprint density at radius 2 is 2.00 bits per heavy atom. The summed E-state index contributed by atoms with van der Waals surface area (Å²) in [6.07, 6.45) is 2.32. The maximum Gasteiger partial charge on any atom is 0.337 e. The van der Waals surface area contributed by atoms with Crippen molar-refractivity contribution in [2.45, 2.75) is 19.8 Å². The molecular weight excluding hydrogens is 190 g/mol. The van der Waals surface area contributed by atoms with Gasteiger partial charge >= 0.3 is 5.97 Å². The molecule has 0 radical (unpaired) electrons. The molecule has 0 aromatic heterocycles. The predicted octanol–water partition coefficient (Wildman–Crippen LogP) is 2.29. The fourth-order valence-corrected chi connectivity index (χ4v) is 2.19. The second kappa shape index (κ2) is 3.93. The lowest BCUT2D eigenvalue weighted by Crippen LogP contribution is -2.21. The van der Waals surface area contributed by atoms with E-state index in [9.17, 15) is 4.79 Å². The number of carbonyl (C=O) groups is 1. The Bertz CT molecular complexity index is 381. The lowest BCUT2D eigenvalue weighted by Gasteiger charge is -2.22. The number of aryl methyl sites for hydroxylation is 1. The number of benzene rings is 1. The topological polar surface area (TPSA) is 40.5 Å². The highest BCUT2D eigenvalue weighted by atomic mass is 16.4. The fraction of sp³-hybridized carbons (Fsp3) is 0.417. The molecule has 2 rings (SSSR count). The van der Waals surface area contributed by atoms with Gasteiger partial charge in [0.15, 0.2) is 0 Å². The molecule has 1 fully saturated rings. The van der Waals surface area contributed by atoms with Crippen LogP contribution in [0.1, 0.15) is 28.8 Å². The van der Waals surface area contributed by atoms with Gasteiger partial charge in [0.25, 0.3) is 0 Å². The van der Waals surface area contributed by atoms with Crippen molar-refractivity contribution in [2.75, 3.05) is 18.0 Å². The van der Waals surface area contributed by atoms with Crippen LogP contribution < -0.4 is 4.90 Å². The molecule has 80 valence electrons. The highest BCUT2D eigenvalue weighted by molar-refractivity contribution is 5.95. The molecule has 1 heterocycles. The Hall–Kier alpha value is -1.51. The number of rotatable bonds is 2. The Kier molecular flexibility index (Phi) is 2.62. The van der Waals surface area contributed by atoms with E-state index in [1.165, 1.54) is 0 Å². The van der Waals surface area contributed by atoms with E-state index in [4.69, 9.17) is 5.11 Å². The quantitative estimate of drug-likeness (QED) is 0.805. The average molecular weight is 205 g/mol. The minimum Gasteiger partial charge on any atom is -0.478 e. The summed E-state index contributed by atoms with van der Waals surface area (Å²) in [5.41, 5.74) is 2.39. The molecular formula is C12H15NO2. The van der Waals surface area contributed by atoms with Crippen LogP contribution in [0.2, 0.25) is 0 Å². The van der Waals surface area contributed by atoms with Crippen molar-refractivity contribution in [2.24, 2.45) is 0 Å². The minimum absolute atomic E-state index is 0.428. The fourth-order valence-electron chi connectivity index (χ4n) is 2.19. The molecule has 0 bridgehead atoms. The predicted molar refractivity (Wildman–Crippen MR) is 59.6 cm³/mol. The van der Waals surface area contributed by atoms with Gasteiger partial charge in [-0.05, 0) is 31.4 Å². The van der Waals surface area contributed by atoms with Crippen LogP contribution in [0.15, 0.2) is 18.2 Å². The first-order valence-electron chi connectivity index (χ1n) is 5.28. The molecule has 0 atom stereocenters. The first kappa shape index (κ1) is 10.0. The molecule has 1 N–H and O–H groups in total. The van der Waals surface area contributed by atoms with Gasteiger partial charge in [-0.2, -0.15) is 0 Å². The van der Waals surface area contributed by atoms with Crippen molar-refractivity contribution in [3.63, 3.8) is 0 Å². The molecule has 3 heteroatoms. The maximum absolute atomic E-state index is 11.1. The van der Waals surface area contributed by atoms with E-state index in [-0.39, 0.29) is 0 Å². The lowest BCUT2D eigenvalue weighted by atomic mass is 10.1. The number of para-hydroxylation sites is 1. The molecule has 0 spiro atoms. The number of aromatic carboxylic acids is 1. The van der Waals surface area contributed by atoms with Crippen molar-refractivity contribution in [3.05, 3.63) is 29.3 Å². The summed E-state index contributed by atoms with van der Waals surface area (Å²) in [7, 11) is 0.